The summed E-state index contributed by atoms with van der Waals surface area (Å²) < 4.78 is 272. The maximum absolute atomic E-state index is 13.0. The van der Waals surface area contributed by atoms with Crippen LogP contribution in [-0.2, 0) is 64.2 Å². The number of pyridine rings is 7. The van der Waals surface area contributed by atoms with Crippen molar-refractivity contribution in [1.82, 2.24) is 66.1 Å². The summed E-state index contributed by atoms with van der Waals surface area (Å²) in [5.41, 5.74) is -1.15. The summed E-state index contributed by atoms with van der Waals surface area (Å²) in [6.45, 7) is 10.5. The van der Waals surface area contributed by atoms with E-state index < -0.39 is 146 Å². The van der Waals surface area contributed by atoms with E-state index in [9.17, 15) is 121 Å². The molecule has 28 nitrogen and oxygen atoms in total. The molecule has 7 N–H and O–H groups in total. The zero-order chi connectivity index (χ0) is 97.0. The number of carbonyl (C=O) groups is 6. The van der Waals surface area contributed by atoms with Gasteiger partial charge >= 0.3 is 49.3 Å². The number of aliphatic imine (C=N–C) groups is 3. The fourth-order valence-electron chi connectivity index (χ4n) is 10.4. The van der Waals surface area contributed by atoms with Crippen molar-refractivity contribution in [2.24, 2.45) is 31.8 Å². The van der Waals surface area contributed by atoms with Crippen LogP contribution >= 0.6 is 11.8 Å². The van der Waals surface area contributed by atoms with Gasteiger partial charge in [-0.1, -0.05) is 48.5 Å². The van der Waals surface area contributed by atoms with Crippen LogP contribution in [0.5, 0.6) is 0 Å². The number of aromatic nitrogens is 7. The second kappa shape index (κ2) is 49.7. The lowest BCUT2D eigenvalue weighted by molar-refractivity contribution is -0.138. The number of nitrogens with one attached hydrogen (secondary N) is 5. The van der Waals surface area contributed by atoms with Gasteiger partial charge in [-0.3, -0.25) is 79.0 Å². The van der Waals surface area contributed by atoms with E-state index in [0.29, 0.717) is 44.1 Å². The van der Waals surface area contributed by atoms with Gasteiger partial charge in [0.05, 0.1) is 97.7 Å². The molecule has 8 aromatic rings. The summed E-state index contributed by atoms with van der Waals surface area (Å²) in [6.07, 6.45) is -13.2. The van der Waals surface area contributed by atoms with Crippen LogP contribution in [0, 0.1) is 11.3 Å². The molecule has 1 fully saturated rings. The standard InChI is InChI=1S/C16H15F3N2O.C12H12F3N3O2.C11H12F3N3O2.C11H12F3N3OS.C11H10F3N3O.C10H9F3N2O2.C9H8F3N3/c1-2-21(11-12-6-4-3-5-7-12)15(22)13-10-20-9-8-14(13)16(17,18)19;1-2-5-18-7-17-10(20-11(18)19)8-6-16-4-3-9(8)12(13,14)15;1-7(17-19-2)5-16-10(18)8-6-15-4-3-9(8)11(12,13)14;1-19-5-3-9(15)17-10(18)7-6-16-4-2-8(7)11(12,13)14;12-11(13,14)8-3-4-16-5-7(8)10(18)17-9(15)6-1-2-6;1-2-5-17-15-9(16)7-6-14-4-3-8(7)10(11,12)13;10-9(11,12)7-1-2-13-5-6(7)8-14-3-4-15-8/h3-10H,2,11H2,1H3;3-4,6H,2,5,7H2,1H3;3-4,6H,5H2,1-2H3,(H,16,18);2,4,6H,3,5H2,1H3,(H2,15,17,18);3-6H,1-2H2,(H2,15,17,18);2-4,6H,1,5H2,(H,15,16);1-2,5H,3-4H2,(H,14,15)/b;;17-7+;;;;. The predicted molar refractivity (Wildman–Crippen MR) is 429 cm³/mol. The molecule has 7 aromatic heterocycles. The van der Waals surface area contributed by atoms with Gasteiger partial charge in [0.15, 0.2) is 0 Å². The third-order valence-electron chi connectivity index (χ3n) is 16.6. The van der Waals surface area contributed by atoms with Gasteiger partial charge in [0.1, 0.15) is 31.3 Å². The Balaban J connectivity index is 0.000000269. The van der Waals surface area contributed by atoms with Crippen molar-refractivity contribution < 1.29 is 135 Å². The van der Waals surface area contributed by atoms with Crippen LogP contribution in [0.25, 0.3) is 0 Å². The van der Waals surface area contributed by atoms with Crippen LogP contribution in [0.3, 0.4) is 0 Å². The highest BCUT2D eigenvalue weighted by molar-refractivity contribution is 7.98. The maximum atomic E-state index is 13.0. The van der Waals surface area contributed by atoms with Gasteiger partial charge in [-0.15, -0.1) is 6.58 Å². The molecule has 700 valence electrons. The largest absolute Gasteiger partial charge is 0.418 e. The summed E-state index contributed by atoms with van der Waals surface area (Å²) in [4.78, 5) is 118. The number of ether oxygens (including phenoxy) is 1. The lowest BCUT2D eigenvalue weighted by Gasteiger charge is -2.25. The quantitative estimate of drug-likeness (QED) is 0.00916. The van der Waals surface area contributed by atoms with Crippen LogP contribution in [0.2, 0.25) is 0 Å². The molecular weight excluding hydrogens is 1800 g/mol. The van der Waals surface area contributed by atoms with E-state index in [2.05, 4.69) is 87.2 Å². The normalized spacial score (nSPS) is 13.4. The van der Waals surface area contributed by atoms with Crippen molar-refractivity contribution in [2.45, 2.75) is 96.2 Å². The predicted octanol–water partition coefficient (Wildman–Crippen LogP) is 16.2. The molecule has 1 aliphatic carbocycles. The van der Waals surface area contributed by atoms with Gasteiger partial charge in [-0.05, 0) is 93.1 Å². The molecule has 1 saturated carbocycles. The number of carbonyl (C=O) groups excluding carboxylic acids is 6. The van der Waals surface area contributed by atoms with Crippen LogP contribution in [-0.4, -0.2) is 175 Å². The molecule has 130 heavy (non-hydrogen) atoms. The van der Waals surface area contributed by atoms with E-state index in [0.717, 1.165) is 141 Å². The Kier molecular flexibility index (Phi) is 40.9. The number of benzene rings is 1. The molecule has 3 aliphatic rings. The average Bonchev–Trinajstić information content (AvgIpc) is 1.01. The minimum atomic E-state index is -4.63. The van der Waals surface area contributed by atoms with Crippen LogP contribution in [0.15, 0.2) is 192 Å². The van der Waals surface area contributed by atoms with Gasteiger partial charge < -0.3 is 36.2 Å². The molecule has 0 bridgehead atoms. The topological polar surface area (TPSA) is 374 Å². The van der Waals surface area contributed by atoms with E-state index >= 15 is 0 Å². The summed E-state index contributed by atoms with van der Waals surface area (Å²) >= 11 is 1.48. The number of hydrogen-bond acceptors (Lipinski definition) is 22. The number of amidine groups is 3. The molecule has 6 amide bonds. The number of thioether (sulfide) groups is 1. The number of oxime groups is 1. The number of amides is 6. The third-order valence-corrected chi connectivity index (χ3v) is 17.2. The molecule has 2 aliphatic heterocycles. The first kappa shape index (κ1) is 107. The van der Waals surface area contributed by atoms with Gasteiger partial charge in [0, 0.05) is 131 Å². The highest BCUT2D eigenvalue weighted by atomic mass is 32.2. The number of rotatable bonds is 22. The number of hydrogen-bond donors (Lipinski definition) is 6. The van der Waals surface area contributed by atoms with E-state index in [1.807, 2.05) is 49.0 Å². The van der Waals surface area contributed by atoms with Crippen molar-refractivity contribution in [3.05, 3.63) is 256 Å². The zero-order valence-corrected chi connectivity index (χ0v) is 69.3. The SMILES string of the molecule is C=CCONC(=O)c1cnccc1C(F)(F)F.CCCN1CN=C(c2cnccc2C(F)(F)F)OC1=O.CCN(Cc1ccccc1)C(=O)c1cnccc1C(F)(F)F.CO/N=C(\C)CNC(=O)c1cnccc1C(F)(F)F.CSCCC(=N)NC(=O)c1cnccc1C(F)(F)F.FC(F)(F)c1ccncc1C1=NCCN1.NC(=NC(=O)c1cnccc1C(F)(F)F)C1CC1. The van der Waals surface area contributed by atoms with Gasteiger partial charge in [0.25, 0.3) is 29.5 Å². The third kappa shape index (κ3) is 34.5. The van der Waals surface area contributed by atoms with E-state index in [1.165, 1.54) is 40.9 Å². The lowest BCUT2D eigenvalue weighted by Crippen LogP contribution is -2.39. The van der Waals surface area contributed by atoms with E-state index in [4.69, 9.17) is 15.9 Å². The number of cyclic esters (lactones) is 1. The molecule has 1 aromatic carbocycles. The molecule has 11 rings (SSSR count). The summed E-state index contributed by atoms with van der Waals surface area (Å²) in [6, 6.07) is 14.7. The Bertz CT molecular complexity index is 5270. The number of alkyl halides is 21. The van der Waals surface area contributed by atoms with E-state index in [1.54, 1.807) is 13.8 Å². The highest BCUT2D eigenvalue weighted by Gasteiger charge is 2.42. The van der Waals surface area contributed by atoms with Crippen molar-refractivity contribution >= 4 is 76.5 Å². The first-order chi connectivity index (χ1) is 61.0. The van der Waals surface area contributed by atoms with Crippen molar-refractivity contribution in [2.75, 3.05) is 65.1 Å². The number of nitrogens with two attached hydrogens (primary N) is 1. The molecule has 0 spiro atoms. The molecular formula is C80H78F21N19O9S. The van der Waals surface area contributed by atoms with Gasteiger partial charge in [-0.25, -0.2) is 15.3 Å². The summed E-state index contributed by atoms with van der Waals surface area (Å²) in [5.74, 6) is -3.97. The second-order valence-corrected chi connectivity index (χ2v) is 27.1. The Morgan fingerprint density at radius 3 is 1.47 bits per heavy atom. The zero-order valence-electron chi connectivity index (χ0n) is 68.5. The van der Waals surface area contributed by atoms with Gasteiger partial charge in [0.2, 0.25) is 5.90 Å². The average molecular weight is 1880 g/mol. The fraction of sp³-hybridized carbons (Fsp3) is 0.325. The Labute approximate surface area is 729 Å². The molecule has 0 atom stereocenters. The molecule has 0 radical (unpaired) electrons. The lowest BCUT2D eigenvalue weighted by atomic mass is 10.1. The fourth-order valence-corrected chi connectivity index (χ4v) is 10.8. The molecule has 0 unspecified atom stereocenters. The van der Waals surface area contributed by atoms with Crippen LogP contribution in [0.1, 0.15) is 154 Å². The molecule has 0 saturated heterocycles. The Hall–Kier alpha value is -13.6. The number of halogens is 21. The van der Waals surface area contributed by atoms with Gasteiger partial charge in [-0.2, -0.15) is 109 Å². The van der Waals surface area contributed by atoms with E-state index in [-0.39, 0.29) is 73.2 Å². The summed E-state index contributed by atoms with van der Waals surface area (Å²) in [7, 11) is 1.33. The number of hydroxylamine groups is 1. The first-order valence-electron chi connectivity index (χ1n) is 37.4. The maximum Gasteiger partial charge on any atom is 0.418 e. The highest BCUT2D eigenvalue weighted by Crippen LogP contribution is 2.39. The van der Waals surface area contributed by atoms with Crippen molar-refractivity contribution in [3.63, 3.8) is 0 Å². The number of nitrogens with zero attached hydrogens (tertiary/aromatic N) is 13. The van der Waals surface area contributed by atoms with Crippen LogP contribution < -0.4 is 27.2 Å². The molecule has 50 heteroatoms. The second-order valence-electron chi connectivity index (χ2n) is 26.1. The van der Waals surface area contributed by atoms with Crippen molar-refractivity contribution in [1.29, 1.82) is 5.41 Å². The van der Waals surface area contributed by atoms with Crippen molar-refractivity contribution in [3.8, 4) is 0 Å². The Morgan fingerprint density at radius 2 is 1.04 bits per heavy atom. The minimum Gasteiger partial charge on any atom is -0.399 e. The first-order valence-corrected chi connectivity index (χ1v) is 38.8. The minimum absolute atomic E-state index is 0.00659. The Morgan fingerprint density at radius 1 is 0.608 bits per heavy atom. The monoisotopic (exact) mass is 1880 g/mol. The smallest absolute Gasteiger partial charge is 0.399 e. The molecule has 9 heterocycles. The van der Waals surface area contributed by atoms with Crippen LogP contribution in [0.4, 0.5) is 97.0 Å². The summed E-state index contributed by atoms with van der Waals surface area (Å²) in [5, 5.41) is 18.2.